The minimum absolute atomic E-state index is 0. The van der Waals surface area contributed by atoms with Crippen LogP contribution in [0.2, 0.25) is 0 Å². The molecule has 11 heavy (non-hydrogen) atoms. The molecular formula is C6H11ClN4. The topological polar surface area (TPSA) is 67.7 Å². The summed E-state index contributed by atoms with van der Waals surface area (Å²) >= 11 is 0. The van der Waals surface area contributed by atoms with Gasteiger partial charge in [0.05, 0.1) is 12.0 Å². The van der Waals surface area contributed by atoms with Crippen LogP contribution in [-0.4, -0.2) is 15.6 Å². The van der Waals surface area contributed by atoms with E-state index in [1.807, 2.05) is 13.2 Å². The number of halogens is 1. The molecule has 0 radical (unpaired) electrons. The fourth-order valence-corrected chi connectivity index (χ4v) is 0.783. The Morgan fingerprint density at radius 1 is 1.82 bits per heavy atom. The van der Waals surface area contributed by atoms with E-state index in [2.05, 4.69) is 5.10 Å². The molecule has 1 heterocycles. The second kappa shape index (κ2) is 3.98. The quantitative estimate of drug-likeness (QED) is 0.501. The van der Waals surface area contributed by atoms with Crippen molar-refractivity contribution < 1.29 is 0 Å². The Bertz CT molecular complexity index is 242. The lowest BCUT2D eigenvalue weighted by Gasteiger charge is -1.90. The van der Waals surface area contributed by atoms with Gasteiger partial charge < -0.3 is 5.73 Å². The molecule has 5 heteroatoms. The first-order valence-corrected chi connectivity index (χ1v) is 2.99. The molecular weight excluding hydrogens is 164 g/mol. The van der Waals surface area contributed by atoms with Crippen LogP contribution in [0.25, 0.3) is 0 Å². The van der Waals surface area contributed by atoms with Gasteiger partial charge in [-0.1, -0.05) is 0 Å². The summed E-state index contributed by atoms with van der Waals surface area (Å²) in [6.45, 7) is 0. The smallest absolute Gasteiger partial charge is 0.0951 e. The molecule has 0 unspecified atom stereocenters. The molecule has 0 amide bonds. The van der Waals surface area contributed by atoms with Crippen molar-refractivity contribution in [3.63, 3.8) is 0 Å². The molecule has 3 N–H and O–H groups in total. The maximum absolute atomic E-state index is 6.98. The first-order valence-electron chi connectivity index (χ1n) is 2.99. The Kier molecular flexibility index (Phi) is 3.60. The zero-order valence-corrected chi connectivity index (χ0v) is 7.06. The summed E-state index contributed by atoms with van der Waals surface area (Å²) in [5, 5.41) is 10.9. The average Bonchev–Trinajstić information content (AvgIpc) is 2.13. The molecule has 0 aliphatic rings. The van der Waals surface area contributed by atoms with Crippen LogP contribution >= 0.6 is 12.4 Å². The summed E-state index contributed by atoms with van der Waals surface area (Å²) in [5.41, 5.74) is 6.16. The molecule has 0 aliphatic heterocycles. The van der Waals surface area contributed by atoms with Crippen molar-refractivity contribution in [1.82, 2.24) is 9.78 Å². The Morgan fingerprint density at radius 3 is 2.82 bits per heavy atom. The van der Waals surface area contributed by atoms with Gasteiger partial charge in [-0.15, -0.1) is 12.4 Å². The van der Waals surface area contributed by atoms with Crippen molar-refractivity contribution >= 4 is 18.2 Å². The number of aryl methyl sites for hydroxylation is 1. The zero-order chi connectivity index (χ0) is 7.56. The molecule has 1 aromatic heterocycles. The lowest BCUT2D eigenvalue weighted by molar-refractivity contribution is 0.767. The van der Waals surface area contributed by atoms with E-state index in [1.54, 1.807) is 10.9 Å². The largest absolute Gasteiger partial charge is 0.387 e. The maximum atomic E-state index is 6.98. The van der Waals surface area contributed by atoms with Crippen LogP contribution in [0.4, 0.5) is 0 Å². The van der Waals surface area contributed by atoms with Gasteiger partial charge in [0.1, 0.15) is 0 Å². The summed E-state index contributed by atoms with van der Waals surface area (Å²) in [6, 6.07) is 0. The SMILES string of the molecule is Cl.Cn1cc(CC(=N)N)cn1. The van der Waals surface area contributed by atoms with Gasteiger partial charge in [0.2, 0.25) is 0 Å². The third kappa shape index (κ3) is 3.04. The molecule has 0 spiro atoms. The summed E-state index contributed by atoms with van der Waals surface area (Å²) in [4.78, 5) is 0. The molecule has 0 atom stereocenters. The number of nitrogens with zero attached hydrogens (tertiary/aromatic N) is 2. The number of hydrogen-bond acceptors (Lipinski definition) is 2. The predicted molar refractivity (Wildman–Crippen MR) is 46.1 cm³/mol. The van der Waals surface area contributed by atoms with Gasteiger partial charge in [-0.3, -0.25) is 10.1 Å². The van der Waals surface area contributed by atoms with Crippen molar-refractivity contribution in [1.29, 1.82) is 5.41 Å². The van der Waals surface area contributed by atoms with Crippen molar-refractivity contribution in [3.8, 4) is 0 Å². The van der Waals surface area contributed by atoms with Gasteiger partial charge in [-0.25, -0.2) is 0 Å². The summed E-state index contributed by atoms with van der Waals surface area (Å²) in [5.74, 6) is 0.174. The van der Waals surface area contributed by atoms with E-state index in [0.29, 0.717) is 6.42 Å². The minimum Gasteiger partial charge on any atom is -0.387 e. The molecule has 0 saturated heterocycles. The first-order chi connectivity index (χ1) is 4.68. The fraction of sp³-hybridized carbons (Fsp3) is 0.333. The summed E-state index contributed by atoms with van der Waals surface area (Å²) in [7, 11) is 1.84. The summed E-state index contributed by atoms with van der Waals surface area (Å²) < 4.78 is 1.69. The Labute approximate surface area is 71.3 Å². The molecule has 0 saturated carbocycles. The standard InChI is InChI=1S/C6H10N4.ClH/c1-10-4-5(3-9-10)2-6(7)8;/h3-4H,2H2,1H3,(H3,7,8);1H. The lowest BCUT2D eigenvalue weighted by atomic mass is 10.2. The predicted octanol–water partition coefficient (Wildman–Crippen LogP) is 0.320. The Morgan fingerprint density at radius 2 is 2.45 bits per heavy atom. The molecule has 0 fully saturated rings. The van der Waals surface area contributed by atoms with E-state index in [9.17, 15) is 0 Å². The highest BCUT2D eigenvalue weighted by molar-refractivity contribution is 5.85. The van der Waals surface area contributed by atoms with E-state index in [1.165, 1.54) is 0 Å². The second-order valence-electron chi connectivity index (χ2n) is 2.22. The van der Waals surface area contributed by atoms with Crippen LogP contribution in [0, 0.1) is 5.41 Å². The molecule has 0 bridgehead atoms. The highest BCUT2D eigenvalue weighted by atomic mass is 35.5. The maximum Gasteiger partial charge on any atom is 0.0951 e. The van der Waals surface area contributed by atoms with Crippen LogP contribution in [0.1, 0.15) is 5.56 Å². The van der Waals surface area contributed by atoms with Crippen molar-refractivity contribution in [2.75, 3.05) is 0 Å². The number of nitrogens with one attached hydrogen (secondary N) is 1. The first kappa shape index (κ1) is 9.97. The number of amidine groups is 1. The third-order valence-corrected chi connectivity index (χ3v) is 1.15. The minimum atomic E-state index is 0. The van der Waals surface area contributed by atoms with Crippen molar-refractivity contribution in [2.45, 2.75) is 6.42 Å². The number of rotatable bonds is 2. The van der Waals surface area contributed by atoms with Crippen LogP contribution in [0.15, 0.2) is 12.4 Å². The molecule has 0 aromatic carbocycles. The van der Waals surface area contributed by atoms with Gasteiger partial charge in [-0.05, 0) is 5.56 Å². The van der Waals surface area contributed by atoms with Gasteiger partial charge in [0, 0.05) is 19.7 Å². The van der Waals surface area contributed by atoms with Gasteiger partial charge in [-0.2, -0.15) is 5.10 Å². The normalized spacial score (nSPS) is 8.82. The third-order valence-electron chi connectivity index (χ3n) is 1.15. The molecule has 1 rings (SSSR count). The van der Waals surface area contributed by atoms with E-state index in [4.69, 9.17) is 11.1 Å². The van der Waals surface area contributed by atoms with Crippen LogP contribution in [0.3, 0.4) is 0 Å². The monoisotopic (exact) mass is 174 g/mol. The lowest BCUT2D eigenvalue weighted by Crippen LogP contribution is -2.12. The van der Waals surface area contributed by atoms with Crippen LogP contribution < -0.4 is 5.73 Å². The van der Waals surface area contributed by atoms with E-state index < -0.39 is 0 Å². The molecule has 1 aromatic rings. The van der Waals surface area contributed by atoms with Crippen molar-refractivity contribution in [3.05, 3.63) is 18.0 Å². The number of nitrogens with two attached hydrogens (primary N) is 1. The van der Waals surface area contributed by atoms with E-state index in [-0.39, 0.29) is 18.2 Å². The Balaban J connectivity index is 0.000001000. The van der Waals surface area contributed by atoms with E-state index in [0.717, 1.165) is 5.56 Å². The highest BCUT2D eigenvalue weighted by Gasteiger charge is 1.95. The van der Waals surface area contributed by atoms with E-state index >= 15 is 0 Å². The van der Waals surface area contributed by atoms with Gasteiger partial charge in [0.25, 0.3) is 0 Å². The average molecular weight is 175 g/mol. The second-order valence-corrected chi connectivity index (χ2v) is 2.22. The fourth-order valence-electron chi connectivity index (χ4n) is 0.783. The number of aromatic nitrogens is 2. The van der Waals surface area contributed by atoms with Gasteiger partial charge >= 0.3 is 0 Å². The zero-order valence-electron chi connectivity index (χ0n) is 6.24. The molecule has 0 aliphatic carbocycles. The van der Waals surface area contributed by atoms with Crippen molar-refractivity contribution in [2.24, 2.45) is 12.8 Å². The number of hydrogen-bond donors (Lipinski definition) is 2. The molecule has 62 valence electrons. The Hall–Kier alpha value is -1.03. The van der Waals surface area contributed by atoms with Crippen LogP contribution in [0.5, 0.6) is 0 Å². The molecule has 4 nitrogen and oxygen atoms in total. The highest BCUT2D eigenvalue weighted by Crippen LogP contribution is 1.95. The van der Waals surface area contributed by atoms with Gasteiger partial charge in [0.15, 0.2) is 0 Å². The summed E-state index contributed by atoms with van der Waals surface area (Å²) in [6.07, 6.45) is 4.05. The van der Waals surface area contributed by atoms with Crippen LogP contribution in [-0.2, 0) is 13.5 Å².